The molecule has 0 aliphatic carbocycles. The molecule has 0 saturated heterocycles. The van der Waals surface area contributed by atoms with Gasteiger partial charge in [0.15, 0.2) is 11.5 Å². The number of hydrogen-bond acceptors (Lipinski definition) is 3. The maximum absolute atomic E-state index is 10.1. The minimum absolute atomic E-state index is 0.124. The summed E-state index contributed by atoms with van der Waals surface area (Å²) in [6, 6.07) is 5.67. The van der Waals surface area contributed by atoms with E-state index in [4.69, 9.17) is 9.47 Å². The third-order valence-corrected chi connectivity index (χ3v) is 2.82. The fourth-order valence-corrected chi connectivity index (χ4v) is 2.08. The summed E-state index contributed by atoms with van der Waals surface area (Å²) in [7, 11) is 0. The Kier molecular flexibility index (Phi) is 3.34. The smallest absolute Gasteiger partial charge is 0.167 e. The van der Waals surface area contributed by atoms with Crippen LogP contribution in [0, 0.1) is 0 Å². The van der Waals surface area contributed by atoms with Crippen LogP contribution in [-0.4, -0.2) is 17.8 Å². The molecule has 1 aliphatic rings. The van der Waals surface area contributed by atoms with Crippen molar-refractivity contribution in [2.75, 3.05) is 6.61 Å². The molecule has 88 valence electrons. The molecule has 0 spiro atoms. The summed E-state index contributed by atoms with van der Waals surface area (Å²) >= 11 is 0. The van der Waals surface area contributed by atoms with Crippen LogP contribution in [0.5, 0.6) is 11.5 Å². The Morgan fingerprint density at radius 2 is 2.19 bits per heavy atom. The van der Waals surface area contributed by atoms with E-state index in [0.717, 1.165) is 29.9 Å². The molecule has 1 heterocycles. The van der Waals surface area contributed by atoms with Crippen molar-refractivity contribution < 1.29 is 14.6 Å². The van der Waals surface area contributed by atoms with Gasteiger partial charge in [-0.05, 0) is 19.4 Å². The lowest BCUT2D eigenvalue weighted by molar-refractivity contribution is 0.0605. The van der Waals surface area contributed by atoms with Gasteiger partial charge in [0.05, 0.1) is 6.61 Å². The maximum atomic E-state index is 10.1. The third kappa shape index (κ3) is 1.87. The Bertz CT molecular complexity index is 362. The second-order valence-electron chi connectivity index (χ2n) is 4.00. The molecule has 0 bridgehead atoms. The van der Waals surface area contributed by atoms with E-state index in [1.165, 1.54) is 0 Å². The van der Waals surface area contributed by atoms with Crippen LogP contribution >= 0.6 is 0 Å². The number of benzene rings is 1. The summed E-state index contributed by atoms with van der Waals surface area (Å²) in [6.45, 7) is 4.63. The van der Waals surface area contributed by atoms with Gasteiger partial charge in [0, 0.05) is 5.56 Å². The first kappa shape index (κ1) is 11.3. The van der Waals surface area contributed by atoms with E-state index in [2.05, 4.69) is 6.92 Å². The molecule has 1 aromatic carbocycles. The number of para-hydroxylation sites is 1. The van der Waals surface area contributed by atoms with E-state index in [0.29, 0.717) is 6.61 Å². The normalized spacial score (nSPS) is 22.7. The lowest BCUT2D eigenvalue weighted by Gasteiger charge is -2.13. The van der Waals surface area contributed by atoms with Gasteiger partial charge in [-0.3, -0.25) is 0 Å². The molecule has 0 fully saturated rings. The van der Waals surface area contributed by atoms with Crippen molar-refractivity contribution in [1.82, 2.24) is 0 Å². The van der Waals surface area contributed by atoms with Crippen LogP contribution in [0.1, 0.15) is 38.4 Å². The van der Waals surface area contributed by atoms with Crippen molar-refractivity contribution in [3.05, 3.63) is 23.8 Å². The van der Waals surface area contributed by atoms with Crippen molar-refractivity contribution in [3.8, 4) is 11.5 Å². The molecular weight excluding hydrogens is 204 g/mol. The quantitative estimate of drug-likeness (QED) is 0.851. The molecule has 16 heavy (non-hydrogen) atoms. The molecule has 0 amide bonds. The maximum Gasteiger partial charge on any atom is 0.167 e. The average Bonchev–Trinajstić information content (AvgIpc) is 2.59. The highest BCUT2D eigenvalue weighted by molar-refractivity contribution is 5.50. The van der Waals surface area contributed by atoms with Crippen molar-refractivity contribution in [1.29, 1.82) is 0 Å². The highest BCUT2D eigenvalue weighted by Gasteiger charge is 2.34. The van der Waals surface area contributed by atoms with Gasteiger partial charge in [-0.25, -0.2) is 0 Å². The minimum Gasteiger partial charge on any atom is -0.490 e. The van der Waals surface area contributed by atoms with Crippen molar-refractivity contribution in [2.45, 2.75) is 38.9 Å². The van der Waals surface area contributed by atoms with Gasteiger partial charge < -0.3 is 14.6 Å². The Balaban J connectivity index is 2.27. The molecule has 1 N–H and O–H groups in total. The van der Waals surface area contributed by atoms with Crippen molar-refractivity contribution >= 4 is 0 Å². The zero-order valence-corrected chi connectivity index (χ0v) is 9.77. The number of aliphatic hydroxyl groups excluding tert-OH is 1. The topological polar surface area (TPSA) is 38.7 Å². The lowest BCUT2D eigenvalue weighted by Crippen LogP contribution is -2.17. The zero-order valence-electron chi connectivity index (χ0n) is 9.77. The molecule has 1 aromatic rings. The highest BCUT2D eigenvalue weighted by Crippen LogP contribution is 2.44. The summed E-state index contributed by atoms with van der Waals surface area (Å²) in [6.07, 6.45) is 1.22. The first-order valence-corrected chi connectivity index (χ1v) is 5.88. The number of aliphatic hydroxyl groups is 1. The van der Waals surface area contributed by atoms with Gasteiger partial charge in [0.1, 0.15) is 12.2 Å². The zero-order chi connectivity index (χ0) is 11.5. The lowest BCUT2D eigenvalue weighted by atomic mass is 10.0. The van der Waals surface area contributed by atoms with Gasteiger partial charge in [-0.2, -0.15) is 0 Å². The van der Waals surface area contributed by atoms with Gasteiger partial charge >= 0.3 is 0 Å². The van der Waals surface area contributed by atoms with E-state index in [1.807, 2.05) is 25.1 Å². The van der Waals surface area contributed by atoms with E-state index >= 15 is 0 Å². The monoisotopic (exact) mass is 222 g/mol. The molecule has 1 aliphatic heterocycles. The third-order valence-electron chi connectivity index (χ3n) is 2.82. The first-order valence-electron chi connectivity index (χ1n) is 5.88. The van der Waals surface area contributed by atoms with Crippen LogP contribution in [0.4, 0.5) is 0 Å². The molecule has 0 radical (unpaired) electrons. The van der Waals surface area contributed by atoms with Gasteiger partial charge in [0.25, 0.3) is 0 Å². The summed E-state index contributed by atoms with van der Waals surface area (Å²) < 4.78 is 11.3. The Labute approximate surface area is 96.0 Å². The van der Waals surface area contributed by atoms with Gasteiger partial charge in [-0.15, -0.1) is 0 Å². The van der Waals surface area contributed by atoms with E-state index in [-0.39, 0.29) is 6.10 Å². The fraction of sp³-hybridized carbons (Fsp3) is 0.538. The molecular formula is C13H18O3. The molecule has 2 rings (SSSR count). The molecule has 2 atom stereocenters. The number of ether oxygens (including phenoxy) is 2. The largest absolute Gasteiger partial charge is 0.490 e. The van der Waals surface area contributed by atoms with Gasteiger partial charge in [0.2, 0.25) is 0 Å². The predicted octanol–water partition coefficient (Wildman–Crippen LogP) is 2.68. The van der Waals surface area contributed by atoms with Gasteiger partial charge in [-0.1, -0.05) is 25.5 Å². The first-order chi connectivity index (χ1) is 7.77. The summed E-state index contributed by atoms with van der Waals surface area (Å²) in [5.74, 6) is 1.45. The fourth-order valence-electron chi connectivity index (χ4n) is 2.08. The van der Waals surface area contributed by atoms with Crippen LogP contribution in [0.2, 0.25) is 0 Å². The average molecular weight is 222 g/mol. The van der Waals surface area contributed by atoms with E-state index < -0.39 is 6.10 Å². The number of fused-ring (bicyclic) bond motifs is 1. The Morgan fingerprint density at radius 3 is 2.88 bits per heavy atom. The molecule has 3 nitrogen and oxygen atoms in total. The summed E-state index contributed by atoms with van der Waals surface area (Å²) in [5.41, 5.74) is 0.851. The van der Waals surface area contributed by atoms with Crippen LogP contribution in [0.15, 0.2) is 18.2 Å². The standard InChI is InChI=1S/C13H18O3/c1-3-6-10-12(14)9-7-5-8-11(15-4-2)13(9)16-10/h5,7-8,10,12,14H,3-4,6H2,1-2H3. The van der Waals surface area contributed by atoms with Crippen molar-refractivity contribution in [3.63, 3.8) is 0 Å². The van der Waals surface area contributed by atoms with Crippen molar-refractivity contribution in [2.24, 2.45) is 0 Å². The Morgan fingerprint density at radius 1 is 1.38 bits per heavy atom. The van der Waals surface area contributed by atoms with E-state index in [9.17, 15) is 5.11 Å². The SMILES string of the molecule is CCCC1Oc2c(OCC)cccc2C1O. The molecule has 2 unspecified atom stereocenters. The van der Waals surface area contributed by atoms with Crippen LogP contribution in [0.25, 0.3) is 0 Å². The molecule has 0 saturated carbocycles. The van der Waals surface area contributed by atoms with E-state index in [1.54, 1.807) is 0 Å². The number of rotatable bonds is 4. The number of hydrogen-bond donors (Lipinski definition) is 1. The Hall–Kier alpha value is -1.22. The summed E-state index contributed by atoms with van der Waals surface area (Å²) in [4.78, 5) is 0. The van der Waals surface area contributed by atoms with Crippen LogP contribution < -0.4 is 9.47 Å². The second-order valence-corrected chi connectivity index (χ2v) is 4.00. The predicted molar refractivity (Wildman–Crippen MR) is 61.9 cm³/mol. The second kappa shape index (κ2) is 4.74. The summed E-state index contributed by atoms with van der Waals surface area (Å²) in [5, 5.41) is 10.1. The highest BCUT2D eigenvalue weighted by atomic mass is 16.5. The van der Waals surface area contributed by atoms with Crippen LogP contribution in [0.3, 0.4) is 0 Å². The van der Waals surface area contributed by atoms with Crippen LogP contribution in [-0.2, 0) is 0 Å². The molecule has 3 heteroatoms. The minimum atomic E-state index is -0.518. The molecule has 0 aromatic heterocycles.